The van der Waals surface area contributed by atoms with Crippen molar-refractivity contribution >= 4 is 15.9 Å². The van der Waals surface area contributed by atoms with Crippen LogP contribution in [0.2, 0.25) is 0 Å². The Bertz CT molecular complexity index is 978. The molecule has 1 atom stereocenters. The van der Waals surface area contributed by atoms with Crippen molar-refractivity contribution in [3.05, 3.63) is 70.3 Å². The van der Waals surface area contributed by atoms with Gasteiger partial charge < -0.3 is 5.32 Å². The highest BCUT2D eigenvalue weighted by Gasteiger charge is 2.24. The predicted octanol–water partition coefficient (Wildman–Crippen LogP) is 4.50. The number of nitrogens with one attached hydrogen (secondary N) is 1. The average Bonchev–Trinajstić information content (AvgIpc) is 2.75. The van der Waals surface area contributed by atoms with Crippen LogP contribution in [0.3, 0.4) is 0 Å². The quantitative estimate of drug-likeness (QED) is 0.706. The van der Waals surface area contributed by atoms with E-state index in [1.165, 1.54) is 11.1 Å². The number of nitrogens with zero attached hydrogens (tertiary/aromatic N) is 1. The second kappa shape index (κ2) is 9.75. The van der Waals surface area contributed by atoms with E-state index in [0.717, 1.165) is 31.2 Å². The van der Waals surface area contributed by atoms with Gasteiger partial charge in [-0.2, -0.15) is 0 Å². The molecule has 1 saturated heterocycles. The Morgan fingerprint density at radius 3 is 2.27 bits per heavy atom. The number of sulfonamides is 1. The minimum absolute atomic E-state index is 0.0187. The number of hydrogen-bond donors (Lipinski definition) is 1. The zero-order valence-electron chi connectivity index (χ0n) is 18.1. The van der Waals surface area contributed by atoms with E-state index in [1.54, 1.807) is 28.6 Å². The topological polar surface area (TPSA) is 66.5 Å². The number of aryl methyl sites for hydroxylation is 2. The summed E-state index contributed by atoms with van der Waals surface area (Å²) >= 11 is 0. The molecule has 0 radical (unpaired) electrons. The largest absolute Gasteiger partial charge is 0.345 e. The molecule has 0 saturated carbocycles. The van der Waals surface area contributed by atoms with Crippen LogP contribution in [-0.2, 0) is 15.8 Å². The second-order valence-electron chi connectivity index (χ2n) is 8.19. The zero-order chi connectivity index (χ0) is 21.7. The highest BCUT2D eigenvalue weighted by Crippen LogP contribution is 2.21. The monoisotopic (exact) mass is 428 g/mol. The summed E-state index contributed by atoms with van der Waals surface area (Å²) in [6, 6.07) is 13.1. The number of carbonyl (C=O) groups is 1. The van der Waals surface area contributed by atoms with Gasteiger partial charge in [-0.25, -0.2) is 12.7 Å². The van der Waals surface area contributed by atoms with Gasteiger partial charge in [-0.15, -0.1) is 0 Å². The molecule has 0 aliphatic carbocycles. The normalized spacial score (nSPS) is 16.2. The molecule has 1 N–H and O–H groups in total. The first kappa shape index (κ1) is 22.5. The van der Waals surface area contributed by atoms with Crippen molar-refractivity contribution < 1.29 is 13.2 Å². The first-order valence-corrected chi connectivity index (χ1v) is 12.4. The van der Waals surface area contributed by atoms with Crippen molar-refractivity contribution in [3.8, 4) is 0 Å². The Balaban J connectivity index is 1.66. The average molecular weight is 429 g/mol. The fraction of sp³-hybridized carbons (Fsp3) is 0.458. The van der Waals surface area contributed by atoms with Gasteiger partial charge in [0.05, 0.1) is 11.8 Å². The minimum Gasteiger partial charge on any atom is -0.345 e. The Morgan fingerprint density at radius 2 is 1.67 bits per heavy atom. The van der Waals surface area contributed by atoms with Crippen LogP contribution in [0.25, 0.3) is 0 Å². The van der Waals surface area contributed by atoms with Gasteiger partial charge in [-0.05, 0) is 67.5 Å². The number of hydrogen-bond acceptors (Lipinski definition) is 3. The molecule has 1 heterocycles. The van der Waals surface area contributed by atoms with Gasteiger partial charge in [-0.1, -0.05) is 43.7 Å². The van der Waals surface area contributed by atoms with Crippen LogP contribution in [-0.4, -0.2) is 31.7 Å². The van der Waals surface area contributed by atoms with Crippen LogP contribution in [0.4, 0.5) is 0 Å². The second-order valence-corrected chi connectivity index (χ2v) is 10.2. The summed E-state index contributed by atoms with van der Waals surface area (Å²) in [5.74, 6) is -0.166. The maximum atomic E-state index is 12.7. The summed E-state index contributed by atoms with van der Waals surface area (Å²) in [4.78, 5) is 12.7. The molecule has 0 spiro atoms. The maximum absolute atomic E-state index is 12.7. The summed E-state index contributed by atoms with van der Waals surface area (Å²) in [6.07, 6.45) is 3.74. The van der Waals surface area contributed by atoms with Crippen LogP contribution in [0, 0.1) is 13.8 Å². The van der Waals surface area contributed by atoms with Gasteiger partial charge in [0.15, 0.2) is 0 Å². The highest BCUT2D eigenvalue weighted by molar-refractivity contribution is 7.88. The third-order valence-corrected chi connectivity index (χ3v) is 7.77. The van der Waals surface area contributed by atoms with Crippen molar-refractivity contribution in [2.75, 3.05) is 13.1 Å². The minimum atomic E-state index is -3.30. The lowest BCUT2D eigenvalue weighted by molar-refractivity contribution is 0.0935. The predicted molar refractivity (Wildman–Crippen MR) is 121 cm³/mol. The molecule has 0 bridgehead atoms. The summed E-state index contributed by atoms with van der Waals surface area (Å²) < 4.78 is 26.8. The maximum Gasteiger partial charge on any atom is 0.251 e. The number of rotatable bonds is 7. The SMILES string of the molecule is CCC(NC(=O)c1ccc(CS(=O)(=O)N2CCCCC2)cc1)c1ccc(C)c(C)c1. The van der Waals surface area contributed by atoms with Crippen LogP contribution in [0.5, 0.6) is 0 Å². The van der Waals surface area contributed by atoms with Gasteiger partial charge >= 0.3 is 0 Å². The first-order valence-electron chi connectivity index (χ1n) is 10.7. The molecule has 30 heavy (non-hydrogen) atoms. The lowest BCUT2D eigenvalue weighted by Gasteiger charge is -2.25. The van der Waals surface area contributed by atoms with Gasteiger partial charge in [0.1, 0.15) is 0 Å². The highest BCUT2D eigenvalue weighted by atomic mass is 32.2. The summed E-state index contributed by atoms with van der Waals surface area (Å²) in [6.45, 7) is 7.42. The smallest absolute Gasteiger partial charge is 0.251 e. The summed E-state index contributed by atoms with van der Waals surface area (Å²) in [5.41, 5.74) is 4.78. The molecule has 2 aromatic carbocycles. The van der Waals surface area contributed by atoms with E-state index < -0.39 is 10.0 Å². The van der Waals surface area contributed by atoms with E-state index in [-0.39, 0.29) is 17.7 Å². The first-order chi connectivity index (χ1) is 14.3. The van der Waals surface area contributed by atoms with Crippen LogP contribution in [0.15, 0.2) is 42.5 Å². The van der Waals surface area contributed by atoms with Crippen molar-refractivity contribution in [3.63, 3.8) is 0 Å². The molecular weight excluding hydrogens is 396 g/mol. The third kappa shape index (κ3) is 5.49. The molecule has 6 heteroatoms. The van der Waals surface area contributed by atoms with Crippen LogP contribution < -0.4 is 5.32 Å². The van der Waals surface area contributed by atoms with Crippen molar-refractivity contribution in [1.82, 2.24) is 9.62 Å². The zero-order valence-corrected chi connectivity index (χ0v) is 19.0. The van der Waals surface area contributed by atoms with Crippen molar-refractivity contribution in [2.24, 2.45) is 0 Å². The Labute approximate surface area is 180 Å². The Kier molecular flexibility index (Phi) is 7.32. The van der Waals surface area contributed by atoms with E-state index in [4.69, 9.17) is 0 Å². The number of carbonyl (C=O) groups excluding carboxylic acids is 1. The molecule has 3 rings (SSSR count). The fourth-order valence-electron chi connectivity index (χ4n) is 3.84. The Hall–Kier alpha value is -2.18. The molecule has 1 aliphatic rings. The fourth-order valence-corrected chi connectivity index (χ4v) is 5.45. The molecule has 0 aromatic heterocycles. The van der Waals surface area contributed by atoms with Gasteiger partial charge in [0, 0.05) is 18.7 Å². The molecule has 162 valence electrons. The molecule has 1 aliphatic heterocycles. The Morgan fingerprint density at radius 1 is 1.00 bits per heavy atom. The number of piperidine rings is 1. The number of benzene rings is 2. The van der Waals surface area contributed by atoms with Crippen molar-refractivity contribution in [1.29, 1.82) is 0 Å². The van der Waals surface area contributed by atoms with Gasteiger partial charge in [0.25, 0.3) is 5.91 Å². The molecular formula is C24H32N2O3S. The lowest BCUT2D eigenvalue weighted by atomic mass is 9.99. The van der Waals surface area contributed by atoms with E-state index >= 15 is 0 Å². The van der Waals surface area contributed by atoms with Crippen molar-refractivity contribution in [2.45, 2.75) is 58.2 Å². The van der Waals surface area contributed by atoms with E-state index in [2.05, 4.69) is 44.3 Å². The molecule has 5 nitrogen and oxygen atoms in total. The summed E-state index contributed by atoms with van der Waals surface area (Å²) in [7, 11) is -3.30. The molecule has 2 aromatic rings. The van der Waals surface area contributed by atoms with Gasteiger partial charge in [0.2, 0.25) is 10.0 Å². The molecule has 1 unspecified atom stereocenters. The standard InChI is InChI=1S/C24H32N2O3S/c1-4-23(22-11-8-18(2)19(3)16-22)25-24(27)21-12-9-20(10-13-21)17-30(28,29)26-14-6-5-7-15-26/h8-13,16,23H,4-7,14-15,17H2,1-3H3,(H,25,27). The summed E-state index contributed by atoms with van der Waals surface area (Å²) in [5, 5.41) is 3.10. The van der Waals surface area contributed by atoms with E-state index in [9.17, 15) is 13.2 Å². The van der Waals surface area contributed by atoms with E-state index in [1.807, 2.05) is 0 Å². The lowest BCUT2D eigenvalue weighted by Crippen LogP contribution is -2.36. The van der Waals surface area contributed by atoms with Crippen LogP contribution in [0.1, 0.15) is 71.3 Å². The van der Waals surface area contributed by atoms with Gasteiger partial charge in [-0.3, -0.25) is 4.79 Å². The van der Waals surface area contributed by atoms with E-state index in [0.29, 0.717) is 24.2 Å². The number of amides is 1. The molecule has 1 amide bonds. The third-order valence-electron chi connectivity index (χ3n) is 5.92. The molecule has 1 fully saturated rings. The van der Waals surface area contributed by atoms with Crippen LogP contribution >= 0.6 is 0 Å².